The second-order valence-electron chi connectivity index (χ2n) is 5.68. The summed E-state index contributed by atoms with van der Waals surface area (Å²) in [7, 11) is 0. The lowest BCUT2D eigenvalue weighted by Crippen LogP contribution is -2.43. The fourth-order valence-electron chi connectivity index (χ4n) is 2.75. The van der Waals surface area contributed by atoms with Gasteiger partial charge in [-0.1, -0.05) is 0 Å². The summed E-state index contributed by atoms with van der Waals surface area (Å²) >= 11 is 0. The Bertz CT molecular complexity index is 622. The van der Waals surface area contributed by atoms with Crippen molar-refractivity contribution in [2.24, 2.45) is 5.92 Å². The summed E-state index contributed by atoms with van der Waals surface area (Å²) in [6.45, 7) is 1.29. The number of pyridine rings is 1. The average molecular weight is 336 g/mol. The Labute approximate surface area is 138 Å². The highest BCUT2D eigenvalue weighted by atomic mass is 16.6. The van der Waals surface area contributed by atoms with Crippen LogP contribution >= 0.6 is 0 Å². The summed E-state index contributed by atoms with van der Waals surface area (Å²) in [5.74, 6) is -1.05. The number of rotatable bonds is 7. The van der Waals surface area contributed by atoms with E-state index in [1.807, 2.05) is 0 Å². The van der Waals surface area contributed by atoms with E-state index >= 15 is 0 Å². The maximum Gasteiger partial charge on any atom is 0.311 e. The first-order valence-corrected chi connectivity index (χ1v) is 7.83. The van der Waals surface area contributed by atoms with Crippen molar-refractivity contribution in [3.63, 3.8) is 0 Å². The summed E-state index contributed by atoms with van der Waals surface area (Å²) in [5.41, 5.74) is -0.0694. The van der Waals surface area contributed by atoms with Gasteiger partial charge in [0.1, 0.15) is 0 Å². The molecule has 0 spiro atoms. The number of carbonyl (C=O) groups is 2. The second-order valence-corrected chi connectivity index (χ2v) is 5.68. The Hall–Kier alpha value is -2.71. The van der Waals surface area contributed by atoms with Crippen molar-refractivity contribution in [2.45, 2.75) is 25.7 Å². The SMILES string of the molecule is O=C(O)CCCNC(=O)C1CCCN(c2ncccc2[N+](=O)[O-])C1. The lowest BCUT2D eigenvalue weighted by Gasteiger charge is -2.32. The van der Waals surface area contributed by atoms with Crippen LogP contribution in [0, 0.1) is 16.0 Å². The number of aromatic nitrogens is 1. The quantitative estimate of drug-likeness (QED) is 0.435. The predicted octanol–water partition coefficient (Wildman–Crippen LogP) is 1.19. The van der Waals surface area contributed by atoms with E-state index in [4.69, 9.17) is 5.11 Å². The van der Waals surface area contributed by atoms with Gasteiger partial charge < -0.3 is 15.3 Å². The summed E-state index contributed by atoms with van der Waals surface area (Å²) in [6.07, 6.45) is 3.32. The molecule has 1 aromatic rings. The third-order valence-electron chi connectivity index (χ3n) is 3.92. The van der Waals surface area contributed by atoms with Crippen LogP contribution in [0.2, 0.25) is 0 Å². The van der Waals surface area contributed by atoms with Crippen LogP contribution in [0.1, 0.15) is 25.7 Å². The normalized spacial score (nSPS) is 17.3. The molecule has 2 rings (SSSR count). The van der Waals surface area contributed by atoms with Gasteiger partial charge in [-0.15, -0.1) is 0 Å². The molecule has 0 aromatic carbocycles. The van der Waals surface area contributed by atoms with Crippen LogP contribution in [0.15, 0.2) is 18.3 Å². The van der Waals surface area contributed by atoms with Crippen molar-refractivity contribution < 1.29 is 19.6 Å². The van der Waals surface area contributed by atoms with Gasteiger partial charge in [-0.25, -0.2) is 4.98 Å². The summed E-state index contributed by atoms with van der Waals surface area (Å²) in [6, 6.07) is 2.91. The minimum absolute atomic E-state index is 0.0111. The number of carboxylic acid groups (broad SMARTS) is 1. The topological polar surface area (TPSA) is 126 Å². The van der Waals surface area contributed by atoms with Gasteiger partial charge in [0, 0.05) is 38.3 Å². The number of hydrogen-bond acceptors (Lipinski definition) is 6. The molecule has 9 nitrogen and oxygen atoms in total. The number of carbonyl (C=O) groups excluding carboxylic acids is 1. The standard InChI is InChI=1S/C15H20N4O5/c20-13(21)6-2-8-17-15(22)11-4-3-9-18(10-11)14-12(19(23)24)5-1-7-16-14/h1,5,7,11H,2-4,6,8-10H2,(H,17,22)(H,20,21). The smallest absolute Gasteiger partial charge is 0.311 e. The Kier molecular flexibility index (Phi) is 6.05. The van der Waals surface area contributed by atoms with E-state index in [2.05, 4.69) is 10.3 Å². The number of amides is 1. The minimum atomic E-state index is -0.893. The molecule has 2 heterocycles. The van der Waals surface area contributed by atoms with Crippen molar-refractivity contribution in [3.8, 4) is 0 Å². The van der Waals surface area contributed by atoms with Gasteiger partial charge in [-0.05, 0) is 25.3 Å². The molecule has 0 bridgehead atoms. The molecule has 0 radical (unpaired) electrons. The van der Waals surface area contributed by atoms with Crippen molar-refractivity contribution in [1.82, 2.24) is 10.3 Å². The van der Waals surface area contributed by atoms with Crippen LogP contribution in [0.25, 0.3) is 0 Å². The number of nitrogens with one attached hydrogen (secondary N) is 1. The molecule has 130 valence electrons. The second kappa shape index (κ2) is 8.23. The van der Waals surface area contributed by atoms with E-state index in [0.717, 1.165) is 6.42 Å². The van der Waals surface area contributed by atoms with Gasteiger partial charge in [-0.3, -0.25) is 19.7 Å². The molecule has 1 amide bonds. The zero-order valence-corrected chi connectivity index (χ0v) is 13.2. The summed E-state index contributed by atoms with van der Waals surface area (Å²) in [5, 5.41) is 22.4. The molecule has 1 aromatic heterocycles. The maximum absolute atomic E-state index is 12.2. The molecule has 0 saturated carbocycles. The van der Waals surface area contributed by atoms with Crippen molar-refractivity contribution in [3.05, 3.63) is 28.4 Å². The molecule has 1 atom stereocenters. The highest BCUT2D eigenvalue weighted by Gasteiger charge is 2.29. The molecule has 9 heteroatoms. The van der Waals surface area contributed by atoms with E-state index in [1.165, 1.54) is 18.3 Å². The number of hydrogen-bond donors (Lipinski definition) is 2. The van der Waals surface area contributed by atoms with Crippen molar-refractivity contribution in [1.29, 1.82) is 0 Å². The first-order chi connectivity index (χ1) is 11.5. The van der Waals surface area contributed by atoms with Crippen LogP contribution in [-0.2, 0) is 9.59 Å². The summed E-state index contributed by atoms with van der Waals surface area (Å²) in [4.78, 5) is 39.2. The number of nitrogens with zero attached hydrogens (tertiary/aromatic N) is 3. The highest BCUT2D eigenvalue weighted by molar-refractivity contribution is 5.79. The number of nitro groups is 1. The third kappa shape index (κ3) is 4.64. The van der Waals surface area contributed by atoms with E-state index in [-0.39, 0.29) is 29.8 Å². The molecule has 2 N–H and O–H groups in total. The van der Waals surface area contributed by atoms with Crippen molar-refractivity contribution >= 4 is 23.4 Å². The van der Waals surface area contributed by atoms with Crippen LogP contribution < -0.4 is 10.2 Å². The molecule has 1 aliphatic heterocycles. The number of aliphatic carboxylic acids is 1. The van der Waals surface area contributed by atoms with Gasteiger partial charge in [0.05, 0.1) is 10.8 Å². The van der Waals surface area contributed by atoms with Gasteiger partial charge in [-0.2, -0.15) is 0 Å². The van der Waals surface area contributed by atoms with Crippen LogP contribution in [0.3, 0.4) is 0 Å². The van der Waals surface area contributed by atoms with Gasteiger partial charge >= 0.3 is 11.7 Å². The zero-order chi connectivity index (χ0) is 17.5. The fraction of sp³-hybridized carbons (Fsp3) is 0.533. The monoisotopic (exact) mass is 336 g/mol. The van der Waals surface area contributed by atoms with Gasteiger partial charge in [0.15, 0.2) is 0 Å². The molecule has 1 saturated heterocycles. The summed E-state index contributed by atoms with van der Waals surface area (Å²) < 4.78 is 0. The minimum Gasteiger partial charge on any atom is -0.481 e. The fourth-order valence-corrected chi connectivity index (χ4v) is 2.75. The lowest BCUT2D eigenvalue weighted by atomic mass is 9.97. The lowest BCUT2D eigenvalue weighted by molar-refractivity contribution is -0.384. The molecule has 1 fully saturated rings. The molecule has 0 aliphatic carbocycles. The molecular formula is C15H20N4O5. The third-order valence-corrected chi connectivity index (χ3v) is 3.92. The van der Waals surface area contributed by atoms with E-state index < -0.39 is 10.9 Å². The van der Waals surface area contributed by atoms with Crippen LogP contribution in [0.5, 0.6) is 0 Å². The average Bonchev–Trinajstić information content (AvgIpc) is 2.58. The van der Waals surface area contributed by atoms with Crippen LogP contribution in [-0.4, -0.2) is 46.5 Å². The number of carboxylic acids is 1. The highest BCUT2D eigenvalue weighted by Crippen LogP contribution is 2.29. The molecule has 1 aliphatic rings. The van der Waals surface area contributed by atoms with Gasteiger partial charge in [0.2, 0.25) is 11.7 Å². The van der Waals surface area contributed by atoms with E-state index in [0.29, 0.717) is 32.5 Å². The number of anilines is 1. The Balaban J connectivity index is 1.95. The zero-order valence-electron chi connectivity index (χ0n) is 13.2. The molecule has 1 unspecified atom stereocenters. The van der Waals surface area contributed by atoms with E-state index in [9.17, 15) is 19.7 Å². The Morgan fingerprint density at radius 3 is 3.00 bits per heavy atom. The Morgan fingerprint density at radius 1 is 1.50 bits per heavy atom. The predicted molar refractivity (Wildman–Crippen MR) is 85.7 cm³/mol. The first-order valence-electron chi connectivity index (χ1n) is 7.83. The van der Waals surface area contributed by atoms with Gasteiger partial charge in [0.25, 0.3) is 0 Å². The van der Waals surface area contributed by atoms with Crippen molar-refractivity contribution in [2.75, 3.05) is 24.5 Å². The first kappa shape index (κ1) is 17.6. The van der Waals surface area contributed by atoms with E-state index in [1.54, 1.807) is 4.90 Å². The largest absolute Gasteiger partial charge is 0.481 e. The Morgan fingerprint density at radius 2 is 2.29 bits per heavy atom. The maximum atomic E-state index is 12.2. The molecule has 24 heavy (non-hydrogen) atoms. The number of piperidine rings is 1. The van der Waals surface area contributed by atoms with Crippen LogP contribution in [0.4, 0.5) is 11.5 Å². The molecular weight excluding hydrogens is 316 g/mol.